The molecule has 2 heterocycles. The second-order valence-corrected chi connectivity index (χ2v) is 7.20. The molecule has 0 bridgehead atoms. The van der Waals surface area contributed by atoms with Gasteiger partial charge in [0.2, 0.25) is 0 Å². The summed E-state index contributed by atoms with van der Waals surface area (Å²) in [6.45, 7) is 5.94. The summed E-state index contributed by atoms with van der Waals surface area (Å²) in [5, 5.41) is 2.96. The van der Waals surface area contributed by atoms with Gasteiger partial charge in [0.15, 0.2) is 6.61 Å². The number of carbonyl (C=O) groups is 1. The van der Waals surface area contributed by atoms with Crippen LogP contribution in [0.1, 0.15) is 16.7 Å². The molecule has 0 spiro atoms. The van der Waals surface area contributed by atoms with Crippen LogP contribution in [0.2, 0.25) is 0 Å². The highest BCUT2D eigenvalue weighted by atomic mass is 16.5. The lowest BCUT2D eigenvalue weighted by Crippen LogP contribution is -2.20. The summed E-state index contributed by atoms with van der Waals surface area (Å²) in [5.41, 5.74) is 6.50. The van der Waals surface area contributed by atoms with Gasteiger partial charge in [0.25, 0.3) is 5.91 Å². The minimum Gasteiger partial charge on any atom is -0.483 e. The molecule has 5 nitrogen and oxygen atoms in total. The van der Waals surface area contributed by atoms with Gasteiger partial charge in [0.1, 0.15) is 11.4 Å². The highest BCUT2D eigenvalue weighted by molar-refractivity contribution is 5.96. The number of hydrogen-bond donors (Lipinski definition) is 1. The Morgan fingerprint density at radius 3 is 2.69 bits per heavy atom. The van der Waals surface area contributed by atoms with Crippen molar-refractivity contribution in [3.63, 3.8) is 0 Å². The summed E-state index contributed by atoms with van der Waals surface area (Å²) in [6, 6.07) is 17.6. The Morgan fingerprint density at radius 2 is 1.86 bits per heavy atom. The zero-order chi connectivity index (χ0) is 20.4. The molecule has 0 saturated carbocycles. The molecular weight excluding hydrogens is 362 g/mol. The molecule has 0 aliphatic heterocycles. The number of ether oxygens (including phenoxy) is 1. The van der Waals surface area contributed by atoms with E-state index in [9.17, 15) is 4.79 Å². The largest absolute Gasteiger partial charge is 0.483 e. The monoisotopic (exact) mass is 385 g/mol. The first-order valence-corrected chi connectivity index (χ1v) is 9.55. The summed E-state index contributed by atoms with van der Waals surface area (Å²) >= 11 is 0. The fraction of sp³-hybridized carbons (Fsp3) is 0.167. The Labute approximate surface area is 170 Å². The maximum absolute atomic E-state index is 12.5. The lowest BCUT2D eigenvalue weighted by atomic mass is 10.1. The van der Waals surface area contributed by atoms with Crippen molar-refractivity contribution in [2.45, 2.75) is 20.8 Å². The predicted molar refractivity (Wildman–Crippen MR) is 115 cm³/mol. The first-order valence-electron chi connectivity index (χ1n) is 9.55. The van der Waals surface area contributed by atoms with Gasteiger partial charge in [-0.2, -0.15) is 0 Å². The number of aryl methyl sites for hydroxylation is 3. The number of anilines is 1. The van der Waals surface area contributed by atoms with Gasteiger partial charge in [-0.1, -0.05) is 36.4 Å². The molecule has 1 amide bonds. The van der Waals surface area contributed by atoms with Gasteiger partial charge in [-0.05, 0) is 55.7 Å². The zero-order valence-corrected chi connectivity index (χ0v) is 16.8. The van der Waals surface area contributed by atoms with Crippen molar-refractivity contribution in [1.29, 1.82) is 0 Å². The van der Waals surface area contributed by atoms with Gasteiger partial charge >= 0.3 is 0 Å². The number of nitrogens with zero attached hydrogens (tertiary/aromatic N) is 2. The zero-order valence-electron chi connectivity index (χ0n) is 16.8. The van der Waals surface area contributed by atoms with Crippen molar-refractivity contribution in [2.24, 2.45) is 0 Å². The second kappa shape index (κ2) is 7.80. The molecule has 0 saturated heterocycles. The summed E-state index contributed by atoms with van der Waals surface area (Å²) in [7, 11) is 0. The topological polar surface area (TPSA) is 55.6 Å². The Morgan fingerprint density at radius 1 is 1.03 bits per heavy atom. The quantitative estimate of drug-likeness (QED) is 0.529. The second-order valence-electron chi connectivity index (χ2n) is 7.20. The Bertz CT molecular complexity index is 1190. The summed E-state index contributed by atoms with van der Waals surface area (Å²) in [5.74, 6) is 0.516. The summed E-state index contributed by atoms with van der Waals surface area (Å²) in [6.07, 6.45) is 3.94. The van der Waals surface area contributed by atoms with Crippen LogP contribution in [0, 0.1) is 20.8 Å². The van der Waals surface area contributed by atoms with Crippen LogP contribution in [0.25, 0.3) is 16.9 Å². The third kappa shape index (κ3) is 3.99. The van der Waals surface area contributed by atoms with E-state index in [4.69, 9.17) is 9.72 Å². The van der Waals surface area contributed by atoms with Gasteiger partial charge in [-0.15, -0.1) is 0 Å². The van der Waals surface area contributed by atoms with E-state index in [0.717, 1.165) is 39.3 Å². The molecule has 4 rings (SSSR count). The van der Waals surface area contributed by atoms with Crippen molar-refractivity contribution < 1.29 is 9.53 Å². The van der Waals surface area contributed by atoms with Crippen LogP contribution in [0.5, 0.6) is 5.75 Å². The summed E-state index contributed by atoms with van der Waals surface area (Å²) in [4.78, 5) is 17.3. The highest BCUT2D eigenvalue weighted by Gasteiger charge is 2.13. The molecule has 0 atom stereocenters. The Kier molecular flexibility index (Phi) is 5.04. The van der Waals surface area contributed by atoms with Crippen LogP contribution in [-0.4, -0.2) is 21.9 Å². The Balaban J connectivity index is 1.54. The normalized spacial score (nSPS) is 10.9. The predicted octanol–water partition coefficient (Wildman–Crippen LogP) is 4.94. The third-order valence-electron chi connectivity index (χ3n) is 4.86. The first-order chi connectivity index (χ1) is 14.0. The molecule has 5 heteroatoms. The highest BCUT2D eigenvalue weighted by Crippen LogP contribution is 2.28. The molecule has 146 valence electrons. The number of aromatic nitrogens is 2. The van der Waals surface area contributed by atoms with Crippen molar-refractivity contribution in [2.75, 3.05) is 11.9 Å². The van der Waals surface area contributed by atoms with Crippen molar-refractivity contribution >= 4 is 17.2 Å². The average Bonchev–Trinajstić information content (AvgIpc) is 3.15. The lowest BCUT2D eigenvalue weighted by molar-refractivity contribution is -0.118. The fourth-order valence-electron chi connectivity index (χ4n) is 3.29. The first kappa shape index (κ1) is 18.7. The molecular formula is C24H23N3O2. The molecule has 0 radical (unpaired) electrons. The van der Waals surface area contributed by atoms with E-state index < -0.39 is 0 Å². The minimum absolute atomic E-state index is 0.0527. The maximum Gasteiger partial charge on any atom is 0.262 e. The van der Waals surface area contributed by atoms with Crippen LogP contribution in [0.4, 0.5) is 5.69 Å². The fourth-order valence-corrected chi connectivity index (χ4v) is 3.29. The number of imidazole rings is 1. The lowest BCUT2D eigenvalue weighted by Gasteiger charge is -2.12. The van der Waals surface area contributed by atoms with E-state index in [1.165, 1.54) is 0 Å². The molecule has 0 fully saturated rings. The molecule has 0 unspecified atom stereocenters. The van der Waals surface area contributed by atoms with E-state index in [1.807, 2.05) is 92.2 Å². The van der Waals surface area contributed by atoms with Crippen molar-refractivity contribution in [3.8, 4) is 17.0 Å². The number of rotatable bonds is 5. The van der Waals surface area contributed by atoms with Crippen LogP contribution >= 0.6 is 0 Å². The Hall–Kier alpha value is -3.60. The van der Waals surface area contributed by atoms with Gasteiger partial charge < -0.3 is 14.5 Å². The van der Waals surface area contributed by atoms with Crippen LogP contribution in [-0.2, 0) is 4.79 Å². The van der Waals surface area contributed by atoms with Crippen LogP contribution in [0.3, 0.4) is 0 Å². The number of carbonyl (C=O) groups excluding carboxylic acids is 1. The van der Waals surface area contributed by atoms with Gasteiger partial charge in [0.05, 0.1) is 11.4 Å². The summed E-state index contributed by atoms with van der Waals surface area (Å²) < 4.78 is 7.72. The van der Waals surface area contributed by atoms with E-state index in [1.54, 1.807) is 0 Å². The number of fused-ring (bicyclic) bond motifs is 1. The number of benzene rings is 2. The maximum atomic E-state index is 12.5. The van der Waals surface area contributed by atoms with Crippen molar-refractivity contribution in [1.82, 2.24) is 9.38 Å². The van der Waals surface area contributed by atoms with E-state index in [0.29, 0.717) is 5.69 Å². The molecule has 1 N–H and O–H groups in total. The minimum atomic E-state index is -0.210. The van der Waals surface area contributed by atoms with Crippen LogP contribution in [0.15, 0.2) is 67.0 Å². The average molecular weight is 385 g/mol. The molecule has 0 aliphatic carbocycles. The SMILES string of the molecule is Cc1ccc(C)c(OCC(=O)Nc2ccccc2-c2cn3cccc(C)c3n2)c1. The smallest absolute Gasteiger partial charge is 0.262 e. The number of amides is 1. The van der Waals surface area contributed by atoms with E-state index in [-0.39, 0.29) is 12.5 Å². The third-order valence-corrected chi connectivity index (χ3v) is 4.86. The number of para-hydroxylation sites is 1. The van der Waals surface area contributed by atoms with Gasteiger partial charge in [-0.25, -0.2) is 4.98 Å². The molecule has 2 aromatic heterocycles. The number of nitrogens with one attached hydrogen (secondary N) is 1. The standard InChI is InChI=1S/C24H23N3O2/c1-16-10-11-17(2)22(13-16)29-15-23(28)25-20-9-5-4-8-19(20)21-14-27-12-6-7-18(3)24(27)26-21/h4-14H,15H2,1-3H3,(H,25,28). The van der Waals surface area contributed by atoms with Crippen LogP contribution < -0.4 is 10.1 Å². The molecule has 0 aliphatic rings. The molecule has 29 heavy (non-hydrogen) atoms. The molecule has 2 aromatic carbocycles. The van der Waals surface area contributed by atoms with Crippen molar-refractivity contribution in [3.05, 3.63) is 83.7 Å². The van der Waals surface area contributed by atoms with Gasteiger partial charge in [0, 0.05) is 18.0 Å². The van der Waals surface area contributed by atoms with Gasteiger partial charge in [-0.3, -0.25) is 4.79 Å². The molecule has 4 aromatic rings. The van der Waals surface area contributed by atoms with E-state index >= 15 is 0 Å². The van der Waals surface area contributed by atoms with E-state index in [2.05, 4.69) is 5.32 Å². The number of pyridine rings is 1. The number of hydrogen-bond acceptors (Lipinski definition) is 3.